The number of carbonyl (C=O) groups is 1. The fourth-order valence-corrected chi connectivity index (χ4v) is 2.83. The number of ether oxygens (including phenoxy) is 1. The molecule has 0 aliphatic heterocycles. The van der Waals surface area contributed by atoms with E-state index < -0.39 is 16.4 Å². The van der Waals surface area contributed by atoms with Crippen LogP contribution in [0.1, 0.15) is 29.3 Å². The summed E-state index contributed by atoms with van der Waals surface area (Å²) in [5.74, 6) is -0.487. The number of hydrogen-bond acceptors (Lipinski definition) is 4. The van der Waals surface area contributed by atoms with Gasteiger partial charge in [-0.2, -0.15) is 0 Å². The lowest BCUT2D eigenvalue weighted by Crippen LogP contribution is -2.42. The zero-order valence-electron chi connectivity index (χ0n) is 14.0. The van der Waals surface area contributed by atoms with Gasteiger partial charge in [-0.1, -0.05) is 48.9 Å². The topological polar surface area (TPSA) is 81.5 Å². The normalized spacial score (nSPS) is 13.1. The molecule has 25 heavy (non-hydrogen) atoms. The average molecular weight is 363 g/mol. The third-order valence-corrected chi connectivity index (χ3v) is 4.53. The number of rotatable bonds is 7. The van der Waals surface area contributed by atoms with Crippen LogP contribution in [0.2, 0.25) is 5.02 Å². The van der Waals surface area contributed by atoms with Crippen LogP contribution in [0.4, 0.5) is 5.69 Å². The zero-order chi connectivity index (χ0) is 18.4. The van der Waals surface area contributed by atoms with Gasteiger partial charge in [0.15, 0.2) is 0 Å². The molecule has 0 radical (unpaired) electrons. The molecule has 0 spiro atoms. The number of nitrogens with one attached hydrogen (secondary N) is 1. The lowest BCUT2D eigenvalue weighted by Gasteiger charge is -2.32. The van der Waals surface area contributed by atoms with E-state index in [-0.39, 0.29) is 22.8 Å². The van der Waals surface area contributed by atoms with Crippen LogP contribution in [0.25, 0.3) is 0 Å². The minimum Gasteiger partial charge on any atom is -0.372 e. The van der Waals surface area contributed by atoms with Gasteiger partial charge in [-0.25, -0.2) is 0 Å². The van der Waals surface area contributed by atoms with Crippen LogP contribution >= 0.6 is 11.6 Å². The molecule has 0 aliphatic carbocycles. The maximum atomic E-state index is 12.5. The molecule has 132 valence electrons. The third-order valence-electron chi connectivity index (χ3n) is 4.20. The molecule has 2 rings (SSSR count). The summed E-state index contributed by atoms with van der Waals surface area (Å²) in [6, 6.07) is 13.3. The van der Waals surface area contributed by atoms with Crippen molar-refractivity contribution in [2.45, 2.75) is 18.9 Å². The Bertz CT molecular complexity index is 761. The third kappa shape index (κ3) is 4.15. The number of methoxy groups -OCH3 is 1. The number of hydrogen-bond donors (Lipinski definition) is 1. The number of nitrogens with zero attached hydrogens (tertiary/aromatic N) is 1. The van der Waals surface area contributed by atoms with E-state index in [4.69, 9.17) is 16.3 Å². The minimum atomic E-state index is -0.690. The molecule has 1 amide bonds. The summed E-state index contributed by atoms with van der Waals surface area (Å²) in [5.41, 5.74) is 0.117. The molecule has 0 aromatic heterocycles. The molecule has 0 heterocycles. The largest absolute Gasteiger partial charge is 0.372 e. The zero-order valence-corrected chi connectivity index (χ0v) is 14.7. The van der Waals surface area contributed by atoms with E-state index in [1.165, 1.54) is 18.2 Å². The molecule has 1 unspecified atom stereocenters. The molecular weight excluding hydrogens is 344 g/mol. The number of non-ortho nitro benzene ring substituents is 1. The van der Waals surface area contributed by atoms with Crippen LogP contribution in [0.15, 0.2) is 48.5 Å². The fourth-order valence-electron chi connectivity index (χ4n) is 2.63. The smallest absolute Gasteiger partial charge is 0.270 e. The van der Waals surface area contributed by atoms with Crippen molar-refractivity contribution in [2.24, 2.45) is 0 Å². The Kier molecular flexibility index (Phi) is 6.12. The second-order valence-corrected chi connectivity index (χ2v) is 5.93. The van der Waals surface area contributed by atoms with Gasteiger partial charge in [-0.15, -0.1) is 0 Å². The van der Waals surface area contributed by atoms with Crippen LogP contribution in [0.5, 0.6) is 0 Å². The number of carbonyl (C=O) groups excluding carboxylic acids is 1. The van der Waals surface area contributed by atoms with Gasteiger partial charge >= 0.3 is 0 Å². The Hall–Kier alpha value is -2.44. The molecule has 7 heteroatoms. The summed E-state index contributed by atoms with van der Waals surface area (Å²) in [7, 11) is 1.59. The summed E-state index contributed by atoms with van der Waals surface area (Å²) < 4.78 is 5.70. The summed E-state index contributed by atoms with van der Waals surface area (Å²) in [6.07, 6.45) is 0.635. The second-order valence-electron chi connectivity index (χ2n) is 5.52. The molecule has 2 aromatic carbocycles. The Morgan fingerprint density at radius 3 is 2.52 bits per heavy atom. The maximum Gasteiger partial charge on any atom is 0.270 e. The number of nitro groups is 1. The predicted octanol–water partition coefficient (Wildman–Crippen LogP) is 3.93. The number of benzene rings is 2. The molecule has 0 fully saturated rings. The van der Waals surface area contributed by atoms with Gasteiger partial charge in [-0.3, -0.25) is 14.9 Å². The monoisotopic (exact) mass is 362 g/mol. The summed E-state index contributed by atoms with van der Waals surface area (Å²) in [6.45, 7) is 2.17. The summed E-state index contributed by atoms with van der Waals surface area (Å²) >= 11 is 6.02. The van der Waals surface area contributed by atoms with E-state index in [1.54, 1.807) is 7.11 Å². The van der Waals surface area contributed by atoms with Crippen LogP contribution in [0, 0.1) is 10.1 Å². The maximum absolute atomic E-state index is 12.5. The first-order valence-corrected chi connectivity index (χ1v) is 8.14. The SMILES string of the molecule is CCC(CNC(=O)c1cc([N+](=O)[O-])ccc1Cl)(OC)c1ccccc1. The predicted molar refractivity (Wildman–Crippen MR) is 95.9 cm³/mol. The molecular formula is C18H19ClN2O4. The highest BCUT2D eigenvalue weighted by molar-refractivity contribution is 6.33. The lowest BCUT2D eigenvalue weighted by atomic mass is 9.90. The van der Waals surface area contributed by atoms with Gasteiger partial charge in [0.1, 0.15) is 5.60 Å². The van der Waals surface area contributed by atoms with Crippen molar-refractivity contribution in [2.75, 3.05) is 13.7 Å². The van der Waals surface area contributed by atoms with Gasteiger partial charge in [0.05, 0.1) is 22.1 Å². The molecule has 0 saturated carbocycles. The molecule has 0 aliphatic rings. The molecule has 0 bridgehead atoms. The van der Waals surface area contributed by atoms with Gasteiger partial charge in [0.25, 0.3) is 11.6 Å². The Morgan fingerprint density at radius 2 is 1.96 bits per heavy atom. The van der Waals surface area contributed by atoms with E-state index in [1.807, 2.05) is 37.3 Å². The first-order valence-electron chi connectivity index (χ1n) is 7.76. The number of halogens is 1. The highest BCUT2D eigenvalue weighted by Crippen LogP contribution is 2.28. The fraction of sp³-hybridized carbons (Fsp3) is 0.278. The molecule has 0 saturated heterocycles. The van der Waals surface area contributed by atoms with Crippen molar-refractivity contribution in [3.05, 3.63) is 74.8 Å². The van der Waals surface area contributed by atoms with Gasteiger partial charge in [0, 0.05) is 19.2 Å². The highest BCUT2D eigenvalue weighted by Gasteiger charge is 2.31. The van der Waals surface area contributed by atoms with E-state index >= 15 is 0 Å². The first-order chi connectivity index (χ1) is 11.9. The van der Waals surface area contributed by atoms with Crippen LogP contribution < -0.4 is 5.32 Å². The second kappa shape index (κ2) is 8.09. The molecule has 6 nitrogen and oxygen atoms in total. The molecule has 1 atom stereocenters. The Morgan fingerprint density at radius 1 is 1.28 bits per heavy atom. The average Bonchev–Trinajstić information content (AvgIpc) is 2.64. The molecule has 1 N–H and O–H groups in total. The quantitative estimate of drug-likeness (QED) is 0.597. The Balaban J connectivity index is 2.23. The number of nitro benzene ring substituents is 1. The van der Waals surface area contributed by atoms with Crippen molar-refractivity contribution in [3.8, 4) is 0 Å². The summed E-state index contributed by atoms with van der Waals surface area (Å²) in [5, 5.41) is 13.8. The Labute approximate surface area is 150 Å². The van der Waals surface area contributed by atoms with Crippen LogP contribution in [-0.2, 0) is 10.3 Å². The van der Waals surface area contributed by atoms with Crippen molar-refractivity contribution < 1.29 is 14.5 Å². The highest BCUT2D eigenvalue weighted by atomic mass is 35.5. The van der Waals surface area contributed by atoms with E-state index in [0.29, 0.717) is 6.42 Å². The first kappa shape index (κ1) is 18.9. The lowest BCUT2D eigenvalue weighted by molar-refractivity contribution is -0.384. The van der Waals surface area contributed by atoms with E-state index in [0.717, 1.165) is 5.56 Å². The summed E-state index contributed by atoms with van der Waals surface area (Å²) in [4.78, 5) is 22.8. The van der Waals surface area contributed by atoms with E-state index in [2.05, 4.69) is 5.32 Å². The van der Waals surface area contributed by atoms with Crippen LogP contribution in [-0.4, -0.2) is 24.5 Å². The van der Waals surface area contributed by atoms with Gasteiger partial charge < -0.3 is 10.1 Å². The van der Waals surface area contributed by atoms with Gasteiger partial charge in [0.2, 0.25) is 0 Å². The van der Waals surface area contributed by atoms with Crippen molar-refractivity contribution >= 4 is 23.2 Å². The molecule has 2 aromatic rings. The van der Waals surface area contributed by atoms with Crippen LogP contribution in [0.3, 0.4) is 0 Å². The minimum absolute atomic E-state index is 0.0602. The van der Waals surface area contributed by atoms with Crippen molar-refractivity contribution in [1.29, 1.82) is 0 Å². The van der Waals surface area contributed by atoms with Crippen molar-refractivity contribution in [3.63, 3.8) is 0 Å². The standard InChI is InChI=1S/C18H19ClN2O4/c1-3-18(25-2,13-7-5-4-6-8-13)12-20-17(22)15-11-14(21(23)24)9-10-16(15)19/h4-11H,3,12H2,1-2H3,(H,20,22). The van der Waals surface area contributed by atoms with Crippen molar-refractivity contribution in [1.82, 2.24) is 5.32 Å². The number of amides is 1. The van der Waals surface area contributed by atoms with Gasteiger partial charge in [-0.05, 0) is 18.1 Å². The van der Waals surface area contributed by atoms with E-state index in [9.17, 15) is 14.9 Å².